The molecule has 1 N–H and O–H groups in total. The summed E-state index contributed by atoms with van der Waals surface area (Å²) in [6, 6.07) is 5.11. The van der Waals surface area contributed by atoms with Crippen molar-refractivity contribution in [2.75, 3.05) is 19.0 Å². The molecule has 0 bridgehead atoms. The first-order chi connectivity index (χ1) is 9.72. The Morgan fingerprint density at radius 2 is 2.15 bits per heavy atom. The maximum absolute atomic E-state index is 11.1. The average Bonchev–Trinajstić information content (AvgIpc) is 2.96. The number of methoxy groups -OCH3 is 1. The molecule has 110 valence electrons. The number of nitrogens with one attached hydrogen (secondary N) is 1. The van der Waals surface area contributed by atoms with Gasteiger partial charge in [-0.15, -0.1) is 0 Å². The van der Waals surface area contributed by atoms with E-state index in [-0.39, 0.29) is 5.69 Å². The van der Waals surface area contributed by atoms with Crippen molar-refractivity contribution in [3.05, 3.63) is 28.3 Å². The molecule has 5 nitrogen and oxygen atoms in total. The molecule has 0 heterocycles. The van der Waals surface area contributed by atoms with Gasteiger partial charge in [-0.05, 0) is 30.9 Å². The van der Waals surface area contributed by atoms with Gasteiger partial charge in [-0.1, -0.05) is 31.7 Å². The number of ether oxygens (including phenoxy) is 1. The van der Waals surface area contributed by atoms with Crippen molar-refractivity contribution >= 4 is 11.4 Å². The Morgan fingerprint density at radius 1 is 1.40 bits per heavy atom. The van der Waals surface area contributed by atoms with Crippen LogP contribution in [0.5, 0.6) is 5.75 Å². The Hall–Kier alpha value is -1.78. The lowest BCUT2D eigenvalue weighted by atomic mass is 10.0. The molecule has 0 aliphatic heterocycles. The van der Waals surface area contributed by atoms with Crippen molar-refractivity contribution in [2.45, 2.75) is 38.5 Å². The van der Waals surface area contributed by atoms with Crippen LogP contribution in [0.2, 0.25) is 0 Å². The third kappa shape index (κ3) is 3.62. The van der Waals surface area contributed by atoms with E-state index in [1.165, 1.54) is 39.2 Å². The number of nitrogens with zero attached hydrogens (tertiary/aromatic N) is 1. The molecule has 0 unspecified atom stereocenters. The Kier molecular flexibility index (Phi) is 5.21. The molecular formula is C15H22N2O3. The van der Waals surface area contributed by atoms with E-state index in [9.17, 15) is 10.1 Å². The van der Waals surface area contributed by atoms with Gasteiger partial charge >= 0.3 is 5.69 Å². The molecule has 1 saturated carbocycles. The maximum Gasteiger partial charge on any atom is 0.333 e. The highest BCUT2D eigenvalue weighted by molar-refractivity contribution is 5.68. The van der Waals surface area contributed by atoms with Crippen LogP contribution < -0.4 is 10.1 Å². The molecule has 1 aromatic rings. The van der Waals surface area contributed by atoms with Crippen LogP contribution in [0.1, 0.15) is 38.5 Å². The summed E-state index contributed by atoms with van der Waals surface area (Å²) < 4.78 is 5.05. The molecule has 0 amide bonds. The minimum atomic E-state index is -0.391. The van der Waals surface area contributed by atoms with Gasteiger partial charge in [0.2, 0.25) is 0 Å². The van der Waals surface area contributed by atoms with Gasteiger partial charge in [-0.3, -0.25) is 10.1 Å². The van der Waals surface area contributed by atoms with Gasteiger partial charge in [0.05, 0.1) is 12.0 Å². The minimum absolute atomic E-state index is 0.0240. The highest BCUT2D eigenvalue weighted by atomic mass is 16.6. The molecule has 0 saturated heterocycles. The van der Waals surface area contributed by atoms with E-state index >= 15 is 0 Å². The van der Waals surface area contributed by atoms with Crippen LogP contribution in [-0.4, -0.2) is 18.6 Å². The lowest BCUT2D eigenvalue weighted by Crippen LogP contribution is -2.07. The lowest BCUT2D eigenvalue weighted by molar-refractivity contribution is -0.384. The quantitative estimate of drug-likeness (QED) is 0.465. The zero-order chi connectivity index (χ0) is 14.4. The fourth-order valence-electron chi connectivity index (χ4n) is 2.93. The zero-order valence-electron chi connectivity index (χ0n) is 11.9. The van der Waals surface area contributed by atoms with Crippen LogP contribution >= 0.6 is 0 Å². The predicted octanol–water partition coefficient (Wildman–Crippen LogP) is 3.99. The standard InChI is InChI=1S/C15H22N2O3/c1-20-14-10-4-9-13(15(14)17(18)19)16-11-5-8-12-6-2-3-7-12/h4,9-10,12,16H,2-3,5-8,11H2,1H3. The largest absolute Gasteiger partial charge is 0.490 e. The monoisotopic (exact) mass is 278 g/mol. The minimum Gasteiger partial charge on any atom is -0.490 e. The molecule has 1 aromatic carbocycles. The van der Waals surface area contributed by atoms with Crippen molar-refractivity contribution in [3.8, 4) is 5.75 Å². The highest BCUT2D eigenvalue weighted by Crippen LogP contribution is 2.34. The van der Waals surface area contributed by atoms with Crippen molar-refractivity contribution in [1.29, 1.82) is 0 Å². The van der Waals surface area contributed by atoms with Crippen LogP contribution in [-0.2, 0) is 0 Å². The molecule has 5 heteroatoms. The first-order valence-electron chi connectivity index (χ1n) is 7.27. The number of nitro benzene ring substituents is 1. The van der Waals surface area contributed by atoms with Crippen LogP contribution in [0.15, 0.2) is 18.2 Å². The number of rotatable bonds is 7. The molecule has 0 radical (unpaired) electrons. The van der Waals surface area contributed by atoms with Crippen LogP contribution in [0.25, 0.3) is 0 Å². The van der Waals surface area contributed by atoms with Gasteiger partial charge in [0.15, 0.2) is 5.75 Å². The second kappa shape index (κ2) is 7.12. The predicted molar refractivity (Wildman–Crippen MR) is 79.3 cm³/mol. The first-order valence-corrected chi connectivity index (χ1v) is 7.27. The Balaban J connectivity index is 1.89. The van der Waals surface area contributed by atoms with Crippen LogP contribution in [0.4, 0.5) is 11.4 Å². The molecular weight excluding hydrogens is 256 g/mol. The zero-order valence-corrected chi connectivity index (χ0v) is 11.9. The second-order valence-electron chi connectivity index (χ2n) is 5.33. The number of hydrogen-bond acceptors (Lipinski definition) is 4. The van der Waals surface area contributed by atoms with Gasteiger partial charge in [-0.2, -0.15) is 0 Å². The maximum atomic E-state index is 11.1. The topological polar surface area (TPSA) is 64.4 Å². The van der Waals surface area contributed by atoms with Gasteiger partial charge in [0.1, 0.15) is 5.69 Å². The Labute approximate surface area is 119 Å². The summed E-state index contributed by atoms with van der Waals surface area (Å²) in [7, 11) is 1.45. The highest BCUT2D eigenvalue weighted by Gasteiger charge is 2.20. The summed E-state index contributed by atoms with van der Waals surface area (Å²) in [4.78, 5) is 10.7. The second-order valence-corrected chi connectivity index (χ2v) is 5.33. The van der Waals surface area contributed by atoms with Crippen molar-refractivity contribution in [2.24, 2.45) is 5.92 Å². The van der Waals surface area contributed by atoms with E-state index in [2.05, 4.69) is 5.32 Å². The average molecular weight is 278 g/mol. The van der Waals surface area contributed by atoms with Crippen molar-refractivity contribution in [3.63, 3.8) is 0 Å². The van der Waals surface area contributed by atoms with E-state index in [4.69, 9.17) is 4.74 Å². The molecule has 0 atom stereocenters. The van der Waals surface area contributed by atoms with E-state index in [1.54, 1.807) is 18.2 Å². The normalized spacial score (nSPS) is 15.2. The molecule has 2 rings (SSSR count). The first kappa shape index (κ1) is 14.6. The summed E-state index contributed by atoms with van der Waals surface area (Å²) in [5.74, 6) is 1.16. The number of hydrogen-bond donors (Lipinski definition) is 1. The fraction of sp³-hybridized carbons (Fsp3) is 0.600. The van der Waals surface area contributed by atoms with Crippen LogP contribution in [0.3, 0.4) is 0 Å². The third-order valence-electron chi connectivity index (χ3n) is 3.98. The molecule has 1 fully saturated rings. The molecule has 0 spiro atoms. The number of para-hydroxylation sites is 1. The number of benzene rings is 1. The Morgan fingerprint density at radius 3 is 2.80 bits per heavy atom. The van der Waals surface area contributed by atoms with Gasteiger partial charge < -0.3 is 10.1 Å². The lowest BCUT2D eigenvalue weighted by Gasteiger charge is -2.11. The SMILES string of the molecule is COc1cccc(NCCCC2CCCC2)c1[N+](=O)[O-]. The molecule has 20 heavy (non-hydrogen) atoms. The van der Waals surface area contributed by atoms with Crippen molar-refractivity contribution < 1.29 is 9.66 Å². The summed E-state index contributed by atoms with van der Waals surface area (Å²) >= 11 is 0. The number of nitro groups is 1. The van der Waals surface area contributed by atoms with E-state index in [1.807, 2.05) is 0 Å². The van der Waals surface area contributed by atoms with Gasteiger partial charge in [0, 0.05) is 6.54 Å². The van der Waals surface area contributed by atoms with Crippen LogP contribution in [0, 0.1) is 16.0 Å². The summed E-state index contributed by atoms with van der Waals surface area (Å²) in [5, 5.41) is 14.3. The van der Waals surface area contributed by atoms with E-state index in [0.29, 0.717) is 11.4 Å². The fourth-order valence-corrected chi connectivity index (χ4v) is 2.93. The Bertz CT molecular complexity index is 456. The van der Waals surface area contributed by atoms with E-state index < -0.39 is 4.92 Å². The van der Waals surface area contributed by atoms with Gasteiger partial charge in [0.25, 0.3) is 0 Å². The van der Waals surface area contributed by atoms with Crippen molar-refractivity contribution in [1.82, 2.24) is 0 Å². The van der Waals surface area contributed by atoms with Gasteiger partial charge in [-0.25, -0.2) is 0 Å². The van der Waals surface area contributed by atoms with E-state index in [0.717, 1.165) is 18.9 Å². The third-order valence-corrected chi connectivity index (χ3v) is 3.98. The molecule has 1 aliphatic rings. The summed E-state index contributed by atoms with van der Waals surface area (Å²) in [6.45, 7) is 0.768. The number of anilines is 1. The summed E-state index contributed by atoms with van der Waals surface area (Å²) in [5.41, 5.74) is 0.566. The molecule has 0 aromatic heterocycles. The molecule has 1 aliphatic carbocycles. The summed E-state index contributed by atoms with van der Waals surface area (Å²) in [6.07, 6.45) is 7.68. The smallest absolute Gasteiger partial charge is 0.333 e.